The van der Waals surface area contributed by atoms with Crippen molar-refractivity contribution in [2.45, 2.75) is 119 Å². The van der Waals surface area contributed by atoms with Crippen LogP contribution in [0.2, 0.25) is 0 Å². The summed E-state index contributed by atoms with van der Waals surface area (Å²) in [5, 5.41) is 5.86. The van der Waals surface area contributed by atoms with E-state index < -0.39 is 0 Å². The van der Waals surface area contributed by atoms with Crippen LogP contribution in [0, 0.1) is 37.5 Å². The Labute approximate surface area is 361 Å². The second-order valence-electron chi connectivity index (χ2n) is 15.9. The minimum atomic E-state index is 0.264. The number of aryl methyl sites for hydroxylation is 3. The van der Waals surface area contributed by atoms with Crippen molar-refractivity contribution in [3.8, 4) is 11.8 Å². The van der Waals surface area contributed by atoms with Crippen LogP contribution in [-0.2, 0) is 6.42 Å². The lowest BCUT2D eigenvalue weighted by atomic mass is 9.82. The third kappa shape index (κ3) is 8.37. The Morgan fingerprint density at radius 1 is 0.947 bits per heavy atom. The molecule has 0 radical (unpaired) electrons. The van der Waals surface area contributed by atoms with Gasteiger partial charge in [-0.05, 0) is 128 Å². The molecule has 0 N–H and O–H groups in total. The molecule has 4 heterocycles. The van der Waals surface area contributed by atoms with Gasteiger partial charge in [-0.3, -0.25) is 0 Å². The van der Waals surface area contributed by atoms with E-state index in [1.165, 1.54) is 108 Å². The van der Waals surface area contributed by atoms with Crippen LogP contribution in [0.5, 0.6) is 0 Å². The van der Waals surface area contributed by atoms with Crippen LogP contribution in [0.25, 0.3) is 57.9 Å². The summed E-state index contributed by atoms with van der Waals surface area (Å²) in [6, 6.07) is 12.1. The van der Waals surface area contributed by atoms with E-state index in [-0.39, 0.29) is 5.92 Å². The fraction of sp³-hybridized carbons (Fsp3) is 0.400. The third-order valence-corrected chi connectivity index (χ3v) is 16.8. The fourth-order valence-electron chi connectivity index (χ4n) is 8.09. The molecule has 0 saturated carbocycles. The number of rotatable bonds is 10. The second-order valence-corrected chi connectivity index (χ2v) is 21.1. The van der Waals surface area contributed by atoms with Gasteiger partial charge in [0.15, 0.2) is 0 Å². The average Bonchev–Trinajstić information content (AvgIpc) is 3.94. The number of benzene rings is 3. The third-order valence-electron chi connectivity index (χ3n) is 11.3. The van der Waals surface area contributed by atoms with Crippen molar-refractivity contribution in [2.75, 3.05) is 0 Å². The molecular formula is C50H56N2S5. The van der Waals surface area contributed by atoms with Crippen molar-refractivity contribution in [1.29, 1.82) is 0 Å². The quantitative estimate of drug-likeness (QED) is 0.128. The number of hydrogen-bond acceptors (Lipinski definition) is 7. The number of aromatic nitrogens is 2. The molecule has 6 aromatic rings. The second kappa shape index (κ2) is 18.0. The van der Waals surface area contributed by atoms with Crippen LogP contribution < -0.4 is 0 Å². The Kier molecular flexibility index (Phi) is 13.3. The summed E-state index contributed by atoms with van der Waals surface area (Å²) in [6.45, 7) is 27.2. The highest BCUT2D eigenvalue weighted by Crippen LogP contribution is 2.50. The molecule has 3 aromatic carbocycles. The smallest absolute Gasteiger partial charge is 0.113 e. The van der Waals surface area contributed by atoms with Crippen LogP contribution in [-0.4, -0.2) is 14.0 Å². The molecule has 0 saturated heterocycles. The molecule has 7 heteroatoms. The highest BCUT2D eigenvalue weighted by Gasteiger charge is 2.28. The van der Waals surface area contributed by atoms with Crippen molar-refractivity contribution < 1.29 is 0 Å². The number of allylic oxidation sites excluding steroid dienone is 3. The standard InChI is InChI=1S/C47H48N2S5.C3H8/c1-10-25(5)16-30-14-15-33(12-3)52-42(20-30)40-23-34-26(6)17-32(22-37(34)44-45(40)49-54-48-44)29(9)51-41(13-4)43-24-36-31(11-2)21-39-38(47(36)53-43)18-27(7)35-19-28(8)50-46(35)39;1-3-2/h13,18-26,30,33H,9-12,16-17H2,1-8H3;3H2,1-2H3/b41-13-;. The first kappa shape index (κ1) is 42.0. The van der Waals surface area contributed by atoms with Gasteiger partial charge in [0.2, 0.25) is 0 Å². The molecule has 2 nitrogen and oxygen atoms in total. The van der Waals surface area contributed by atoms with Gasteiger partial charge in [-0.25, -0.2) is 0 Å². The summed E-state index contributed by atoms with van der Waals surface area (Å²) in [6.07, 6.45) is 13.6. The van der Waals surface area contributed by atoms with Gasteiger partial charge in [0.1, 0.15) is 11.0 Å². The predicted octanol–water partition coefficient (Wildman–Crippen LogP) is 17.0. The average molecular weight is 845 g/mol. The molecule has 4 atom stereocenters. The van der Waals surface area contributed by atoms with Crippen molar-refractivity contribution in [1.82, 2.24) is 8.75 Å². The minimum absolute atomic E-state index is 0.264. The summed E-state index contributed by atoms with van der Waals surface area (Å²) in [5.74, 6) is 8.49. The van der Waals surface area contributed by atoms with Crippen LogP contribution in [0.1, 0.15) is 131 Å². The molecule has 1 aliphatic carbocycles. The lowest BCUT2D eigenvalue weighted by Gasteiger charge is -2.25. The normalized spacial score (nSPS) is 18.8. The maximum Gasteiger partial charge on any atom is 0.113 e. The van der Waals surface area contributed by atoms with Gasteiger partial charge in [-0.1, -0.05) is 104 Å². The lowest BCUT2D eigenvalue weighted by Crippen LogP contribution is -2.07. The van der Waals surface area contributed by atoms with E-state index >= 15 is 0 Å². The SMILES string of the molecule is C=C(S/C(=C\C)c1cc2c(CC)cc3c(cc(C)c4cc(C)sc43)c2s1)C1=Cc2c(cc(C3=CC(CC(C)CC)C#CC(CC)S3)c3nsnc23)C(C)C1.CCC. The first-order valence-electron chi connectivity index (χ1n) is 20.8. The lowest BCUT2D eigenvalue weighted by molar-refractivity contribution is 0.484. The van der Waals surface area contributed by atoms with Gasteiger partial charge in [0.05, 0.1) is 17.0 Å². The van der Waals surface area contributed by atoms with Gasteiger partial charge in [-0.15, -0.1) is 34.4 Å². The molecule has 8 rings (SSSR count). The van der Waals surface area contributed by atoms with Crippen molar-refractivity contribution in [2.24, 2.45) is 11.8 Å². The molecule has 0 spiro atoms. The van der Waals surface area contributed by atoms with Crippen molar-refractivity contribution in [3.05, 3.63) is 97.1 Å². The predicted molar refractivity (Wildman–Crippen MR) is 263 cm³/mol. The maximum absolute atomic E-state index is 4.95. The topological polar surface area (TPSA) is 25.8 Å². The molecule has 0 amide bonds. The summed E-state index contributed by atoms with van der Waals surface area (Å²) < 4.78 is 12.7. The summed E-state index contributed by atoms with van der Waals surface area (Å²) in [7, 11) is 0. The molecule has 4 unspecified atom stereocenters. The maximum atomic E-state index is 4.95. The summed E-state index contributed by atoms with van der Waals surface area (Å²) >= 11 is 8.94. The summed E-state index contributed by atoms with van der Waals surface area (Å²) in [5.41, 5.74) is 9.93. The first-order chi connectivity index (χ1) is 27.5. The Hall–Kier alpha value is -3.12. The van der Waals surface area contributed by atoms with E-state index in [2.05, 4.69) is 130 Å². The highest BCUT2D eigenvalue weighted by atomic mass is 32.2. The Morgan fingerprint density at radius 3 is 2.40 bits per heavy atom. The van der Waals surface area contributed by atoms with E-state index in [4.69, 9.17) is 15.3 Å². The van der Waals surface area contributed by atoms with E-state index in [1.807, 2.05) is 46.2 Å². The number of thiophene rings is 2. The van der Waals surface area contributed by atoms with Crippen molar-refractivity contribution >= 4 is 116 Å². The monoisotopic (exact) mass is 844 g/mol. The molecule has 0 bridgehead atoms. The number of thioether (sulfide) groups is 2. The van der Waals surface area contributed by atoms with Crippen molar-refractivity contribution in [3.63, 3.8) is 0 Å². The van der Waals surface area contributed by atoms with Gasteiger partial charge in [0, 0.05) is 61.7 Å². The number of nitrogens with zero attached hydrogens (tertiary/aromatic N) is 2. The number of fused-ring (bicyclic) bond motifs is 8. The van der Waals surface area contributed by atoms with E-state index in [0.29, 0.717) is 17.1 Å². The highest BCUT2D eigenvalue weighted by molar-refractivity contribution is 8.12. The molecule has 3 aromatic heterocycles. The number of hydrogen-bond donors (Lipinski definition) is 0. The Balaban J connectivity index is 0.00000160. The fourth-order valence-corrected chi connectivity index (χ4v) is 13.2. The molecule has 1 aliphatic heterocycles. The zero-order chi connectivity index (χ0) is 40.5. The van der Waals surface area contributed by atoms with Crippen LogP contribution >= 0.6 is 57.9 Å². The largest absolute Gasteiger partial charge is 0.172 e. The van der Waals surface area contributed by atoms with E-state index in [9.17, 15) is 0 Å². The molecule has 0 fully saturated rings. The van der Waals surface area contributed by atoms with Gasteiger partial charge < -0.3 is 0 Å². The van der Waals surface area contributed by atoms with E-state index in [1.54, 1.807) is 0 Å². The Morgan fingerprint density at radius 2 is 1.68 bits per heavy atom. The molecular weight excluding hydrogens is 789 g/mol. The van der Waals surface area contributed by atoms with Crippen LogP contribution in [0.15, 0.2) is 59.5 Å². The first-order valence-corrected chi connectivity index (χ1v) is 24.9. The minimum Gasteiger partial charge on any atom is -0.172 e. The molecule has 2 aliphatic rings. The van der Waals surface area contributed by atoms with Gasteiger partial charge in [0.25, 0.3) is 0 Å². The van der Waals surface area contributed by atoms with Gasteiger partial charge in [-0.2, -0.15) is 8.75 Å². The zero-order valence-corrected chi connectivity index (χ0v) is 39.4. The van der Waals surface area contributed by atoms with Gasteiger partial charge >= 0.3 is 0 Å². The molecule has 57 heavy (non-hydrogen) atoms. The van der Waals surface area contributed by atoms with Crippen LogP contribution in [0.3, 0.4) is 0 Å². The summed E-state index contributed by atoms with van der Waals surface area (Å²) in [4.78, 5) is 6.38. The van der Waals surface area contributed by atoms with E-state index in [0.717, 1.165) is 41.6 Å². The zero-order valence-electron chi connectivity index (χ0n) is 35.3. The Bertz CT molecular complexity index is 2650. The molecule has 296 valence electrons. The van der Waals surface area contributed by atoms with Crippen LogP contribution in [0.4, 0.5) is 0 Å².